The third-order valence-corrected chi connectivity index (χ3v) is 3.96. The highest BCUT2D eigenvalue weighted by Gasteiger charge is 2.19. The van der Waals surface area contributed by atoms with Gasteiger partial charge in [-0.15, -0.1) is 0 Å². The Balaban J connectivity index is 2.15. The van der Waals surface area contributed by atoms with Gasteiger partial charge in [0.05, 0.1) is 12.1 Å². The highest BCUT2D eigenvalue weighted by molar-refractivity contribution is 5.83. The predicted molar refractivity (Wildman–Crippen MR) is 91.3 cm³/mol. The second kappa shape index (κ2) is 7.27. The molecular formula is C18H28N2O2. The van der Waals surface area contributed by atoms with E-state index in [1.165, 1.54) is 16.5 Å². The van der Waals surface area contributed by atoms with E-state index in [1.54, 1.807) is 0 Å². The quantitative estimate of drug-likeness (QED) is 0.826. The Bertz CT molecular complexity index is 619. The SMILES string of the molecule is CCc1c(C(C)NCC(O)CN(C)C)oc2ccc(C)cc12. The van der Waals surface area contributed by atoms with Gasteiger partial charge >= 0.3 is 0 Å². The summed E-state index contributed by atoms with van der Waals surface area (Å²) in [6.45, 7) is 7.55. The van der Waals surface area contributed by atoms with E-state index in [1.807, 2.05) is 25.1 Å². The summed E-state index contributed by atoms with van der Waals surface area (Å²) >= 11 is 0. The minimum atomic E-state index is -0.380. The van der Waals surface area contributed by atoms with Crippen LogP contribution in [0.5, 0.6) is 0 Å². The number of furan rings is 1. The first kappa shape index (κ1) is 17.0. The van der Waals surface area contributed by atoms with E-state index < -0.39 is 0 Å². The van der Waals surface area contributed by atoms with Crippen molar-refractivity contribution >= 4 is 11.0 Å². The molecule has 2 rings (SSSR count). The van der Waals surface area contributed by atoms with Crippen LogP contribution in [-0.4, -0.2) is 43.3 Å². The second-order valence-electron chi connectivity index (χ2n) is 6.34. The van der Waals surface area contributed by atoms with Crippen LogP contribution in [0.3, 0.4) is 0 Å². The van der Waals surface area contributed by atoms with Gasteiger partial charge in [-0.05, 0) is 46.5 Å². The lowest BCUT2D eigenvalue weighted by molar-refractivity contribution is 0.131. The molecule has 1 aromatic heterocycles. The molecule has 2 aromatic rings. The highest BCUT2D eigenvalue weighted by Crippen LogP contribution is 2.31. The summed E-state index contributed by atoms with van der Waals surface area (Å²) in [6.07, 6.45) is 0.562. The maximum Gasteiger partial charge on any atom is 0.134 e. The molecule has 2 unspecified atom stereocenters. The van der Waals surface area contributed by atoms with Gasteiger partial charge in [0.25, 0.3) is 0 Å². The van der Waals surface area contributed by atoms with Crippen molar-refractivity contribution in [2.45, 2.75) is 39.3 Å². The van der Waals surface area contributed by atoms with Gasteiger partial charge in [0.2, 0.25) is 0 Å². The van der Waals surface area contributed by atoms with Crippen molar-refractivity contribution in [1.82, 2.24) is 10.2 Å². The summed E-state index contributed by atoms with van der Waals surface area (Å²) in [5.41, 5.74) is 3.46. The van der Waals surface area contributed by atoms with Gasteiger partial charge in [-0.1, -0.05) is 18.6 Å². The molecule has 0 amide bonds. The Hall–Kier alpha value is -1.36. The van der Waals surface area contributed by atoms with E-state index in [4.69, 9.17) is 4.42 Å². The maximum atomic E-state index is 9.98. The van der Waals surface area contributed by atoms with Crippen molar-refractivity contribution in [3.8, 4) is 0 Å². The molecule has 0 fully saturated rings. The fourth-order valence-corrected chi connectivity index (χ4v) is 2.89. The molecule has 1 heterocycles. The summed E-state index contributed by atoms with van der Waals surface area (Å²) < 4.78 is 6.07. The molecule has 0 saturated heterocycles. The highest BCUT2D eigenvalue weighted by atomic mass is 16.3. The lowest BCUT2D eigenvalue weighted by atomic mass is 10.0. The molecule has 0 aliphatic carbocycles. The molecule has 4 nitrogen and oxygen atoms in total. The number of fused-ring (bicyclic) bond motifs is 1. The average molecular weight is 304 g/mol. The van der Waals surface area contributed by atoms with Crippen LogP contribution in [-0.2, 0) is 6.42 Å². The zero-order valence-electron chi connectivity index (χ0n) is 14.3. The first-order valence-corrected chi connectivity index (χ1v) is 8.00. The smallest absolute Gasteiger partial charge is 0.134 e. The van der Waals surface area contributed by atoms with Crippen molar-refractivity contribution in [3.05, 3.63) is 35.1 Å². The fourth-order valence-electron chi connectivity index (χ4n) is 2.89. The summed E-state index contributed by atoms with van der Waals surface area (Å²) in [7, 11) is 3.92. The Kier molecular flexibility index (Phi) is 5.62. The van der Waals surface area contributed by atoms with Crippen molar-refractivity contribution in [2.24, 2.45) is 0 Å². The molecule has 0 radical (unpaired) electrons. The molecule has 2 N–H and O–H groups in total. The van der Waals surface area contributed by atoms with Gasteiger partial charge < -0.3 is 19.7 Å². The maximum absolute atomic E-state index is 9.98. The normalized spacial score (nSPS) is 14.7. The summed E-state index contributed by atoms with van der Waals surface area (Å²) in [6, 6.07) is 6.39. The molecule has 2 atom stereocenters. The molecule has 0 aliphatic heterocycles. The Morgan fingerprint density at radius 3 is 2.68 bits per heavy atom. The number of hydrogen-bond donors (Lipinski definition) is 2. The van der Waals surface area contributed by atoms with Crippen LogP contribution in [0.2, 0.25) is 0 Å². The predicted octanol–water partition coefficient (Wildman–Crippen LogP) is 2.88. The summed E-state index contributed by atoms with van der Waals surface area (Å²) in [4.78, 5) is 1.98. The van der Waals surface area contributed by atoms with E-state index in [-0.39, 0.29) is 12.1 Å². The van der Waals surface area contributed by atoms with Crippen LogP contribution in [0.15, 0.2) is 22.6 Å². The lowest BCUT2D eigenvalue weighted by Gasteiger charge is -2.19. The van der Waals surface area contributed by atoms with Gasteiger partial charge in [0, 0.05) is 24.0 Å². The standard InChI is InChI=1S/C18H28N2O2/c1-6-15-16-9-12(2)7-8-17(16)22-18(15)13(3)19-10-14(21)11-20(4)5/h7-9,13-14,19,21H,6,10-11H2,1-5H3. The van der Waals surface area contributed by atoms with Crippen LogP contribution in [0, 0.1) is 6.92 Å². The monoisotopic (exact) mass is 304 g/mol. The Labute approximate surface area is 133 Å². The first-order chi connectivity index (χ1) is 10.4. The molecule has 0 spiro atoms. The number of aryl methyl sites for hydroxylation is 2. The fraction of sp³-hybridized carbons (Fsp3) is 0.556. The van der Waals surface area contributed by atoms with Crippen LogP contribution in [0.4, 0.5) is 0 Å². The molecule has 0 aliphatic rings. The van der Waals surface area contributed by atoms with Gasteiger partial charge in [0.1, 0.15) is 11.3 Å². The van der Waals surface area contributed by atoms with Gasteiger partial charge in [-0.25, -0.2) is 0 Å². The van der Waals surface area contributed by atoms with E-state index in [2.05, 4.69) is 38.2 Å². The minimum Gasteiger partial charge on any atom is -0.459 e. The third kappa shape index (κ3) is 3.88. The molecule has 22 heavy (non-hydrogen) atoms. The van der Waals surface area contributed by atoms with E-state index >= 15 is 0 Å². The molecular weight excluding hydrogens is 276 g/mol. The Morgan fingerprint density at radius 1 is 1.32 bits per heavy atom. The number of nitrogens with one attached hydrogen (secondary N) is 1. The van der Waals surface area contributed by atoms with E-state index in [9.17, 15) is 5.11 Å². The summed E-state index contributed by atoms with van der Waals surface area (Å²) in [5.74, 6) is 0.986. The van der Waals surface area contributed by atoms with Crippen molar-refractivity contribution in [2.75, 3.05) is 27.2 Å². The second-order valence-corrected chi connectivity index (χ2v) is 6.34. The van der Waals surface area contributed by atoms with Crippen molar-refractivity contribution in [1.29, 1.82) is 0 Å². The van der Waals surface area contributed by atoms with Gasteiger partial charge in [0.15, 0.2) is 0 Å². The molecule has 0 bridgehead atoms. The van der Waals surface area contributed by atoms with Crippen LogP contribution in [0.1, 0.15) is 36.8 Å². The zero-order chi connectivity index (χ0) is 16.3. The first-order valence-electron chi connectivity index (χ1n) is 8.00. The number of benzene rings is 1. The lowest BCUT2D eigenvalue weighted by Crippen LogP contribution is -2.36. The average Bonchev–Trinajstić information content (AvgIpc) is 2.81. The van der Waals surface area contributed by atoms with E-state index in [0.29, 0.717) is 13.1 Å². The molecule has 0 saturated carbocycles. The minimum absolute atomic E-state index is 0.0828. The molecule has 4 heteroatoms. The van der Waals surface area contributed by atoms with Gasteiger partial charge in [-0.3, -0.25) is 0 Å². The number of likely N-dealkylation sites (N-methyl/N-ethyl adjacent to an activating group) is 1. The largest absolute Gasteiger partial charge is 0.459 e. The number of nitrogens with zero attached hydrogens (tertiary/aromatic N) is 1. The third-order valence-electron chi connectivity index (χ3n) is 3.96. The number of aliphatic hydroxyl groups excluding tert-OH is 1. The van der Waals surface area contributed by atoms with Crippen LogP contribution in [0.25, 0.3) is 11.0 Å². The zero-order valence-corrected chi connectivity index (χ0v) is 14.3. The van der Waals surface area contributed by atoms with Crippen molar-refractivity contribution in [3.63, 3.8) is 0 Å². The van der Waals surface area contributed by atoms with Crippen LogP contribution >= 0.6 is 0 Å². The Morgan fingerprint density at radius 2 is 2.05 bits per heavy atom. The topological polar surface area (TPSA) is 48.6 Å². The van der Waals surface area contributed by atoms with Crippen molar-refractivity contribution < 1.29 is 9.52 Å². The van der Waals surface area contributed by atoms with Gasteiger partial charge in [-0.2, -0.15) is 0 Å². The summed E-state index contributed by atoms with van der Waals surface area (Å²) in [5, 5.41) is 14.6. The van der Waals surface area contributed by atoms with E-state index in [0.717, 1.165) is 17.8 Å². The molecule has 1 aromatic carbocycles. The number of rotatable bonds is 7. The van der Waals surface area contributed by atoms with Crippen LogP contribution < -0.4 is 5.32 Å². The molecule has 122 valence electrons. The number of hydrogen-bond acceptors (Lipinski definition) is 4. The number of aliphatic hydroxyl groups is 1.